The molecule has 0 aromatic carbocycles. The number of aliphatic hydroxyl groups excluding tert-OH is 2. The fourth-order valence-electron chi connectivity index (χ4n) is 2.04. The van der Waals surface area contributed by atoms with Gasteiger partial charge in [-0.1, -0.05) is 6.08 Å². The van der Waals surface area contributed by atoms with E-state index < -0.39 is 0 Å². The number of aliphatic hydroxyl groups is 2. The highest BCUT2D eigenvalue weighted by Crippen LogP contribution is 2.28. The maximum Gasteiger partial charge on any atom is 0.0746 e. The molecule has 1 saturated heterocycles. The Morgan fingerprint density at radius 1 is 1.64 bits per heavy atom. The number of hydrogen-bond acceptors (Lipinski definition) is 3. The molecule has 0 unspecified atom stereocenters. The summed E-state index contributed by atoms with van der Waals surface area (Å²) in [5.74, 6) is 0. The molecule has 0 saturated carbocycles. The van der Waals surface area contributed by atoms with E-state index in [1.807, 2.05) is 6.08 Å². The summed E-state index contributed by atoms with van der Waals surface area (Å²) in [7, 11) is 0. The molecule has 62 valence electrons. The van der Waals surface area contributed by atoms with E-state index >= 15 is 0 Å². The van der Waals surface area contributed by atoms with Gasteiger partial charge in [-0.15, -0.1) is 0 Å². The smallest absolute Gasteiger partial charge is 0.0746 e. The third-order valence-corrected chi connectivity index (χ3v) is 2.62. The lowest BCUT2D eigenvalue weighted by Gasteiger charge is -2.19. The van der Waals surface area contributed by atoms with Gasteiger partial charge in [-0.2, -0.15) is 0 Å². The van der Waals surface area contributed by atoms with Crippen LogP contribution in [0.3, 0.4) is 0 Å². The maximum absolute atomic E-state index is 9.51. The monoisotopic (exact) mass is 155 g/mol. The molecular weight excluding hydrogens is 142 g/mol. The second-order valence-electron chi connectivity index (χ2n) is 3.23. The minimum Gasteiger partial charge on any atom is -0.392 e. The van der Waals surface area contributed by atoms with E-state index in [2.05, 4.69) is 4.90 Å². The van der Waals surface area contributed by atoms with Gasteiger partial charge in [0.05, 0.1) is 18.8 Å². The molecule has 3 nitrogen and oxygen atoms in total. The molecule has 0 bridgehead atoms. The Labute approximate surface area is 65.9 Å². The standard InChI is InChI=1S/C8H13NO2/c10-5-6-1-3-9-4-2-7(11)8(6)9/h1,7-8,10-11H,2-5H2/t7-,8-/m1/s1. The molecule has 1 fully saturated rings. The predicted molar refractivity (Wildman–Crippen MR) is 41.2 cm³/mol. The van der Waals surface area contributed by atoms with Crippen molar-refractivity contribution in [2.24, 2.45) is 0 Å². The van der Waals surface area contributed by atoms with Gasteiger partial charge >= 0.3 is 0 Å². The van der Waals surface area contributed by atoms with Gasteiger partial charge in [-0.05, 0) is 12.0 Å². The third-order valence-electron chi connectivity index (χ3n) is 2.62. The van der Waals surface area contributed by atoms with Crippen molar-refractivity contribution in [1.29, 1.82) is 0 Å². The van der Waals surface area contributed by atoms with Crippen molar-refractivity contribution in [2.45, 2.75) is 18.6 Å². The predicted octanol–water partition coefficient (Wildman–Crippen LogP) is -0.646. The van der Waals surface area contributed by atoms with Crippen LogP contribution in [0.15, 0.2) is 11.6 Å². The van der Waals surface area contributed by atoms with E-state index in [1.54, 1.807) is 0 Å². The fraction of sp³-hybridized carbons (Fsp3) is 0.750. The summed E-state index contributed by atoms with van der Waals surface area (Å²) >= 11 is 0. The summed E-state index contributed by atoms with van der Waals surface area (Å²) in [6.07, 6.45) is 2.62. The second-order valence-corrected chi connectivity index (χ2v) is 3.23. The first-order valence-corrected chi connectivity index (χ1v) is 4.05. The Bertz CT molecular complexity index is 191. The largest absolute Gasteiger partial charge is 0.392 e. The lowest BCUT2D eigenvalue weighted by atomic mass is 10.1. The molecule has 2 aliphatic heterocycles. The summed E-state index contributed by atoms with van der Waals surface area (Å²) in [5.41, 5.74) is 0.995. The Morgan fingerprint density at radius 2 is 2.45 bits per heavy atom. The van der Waals surface area contributed by atoms with E-state index in [-0.39, 0.29) is 18.8 Å². The molecule has 0 spiro atoms. The third kappa shape index (κ3) is 1.00. The highest BCUT2D eigenvalue weighted by Gasteiger charge is 2.37. The topological polar surface area (TPSA) is 43.7 Å². The van der Waals surface area contributed by atoms with Crippen LogP contribution in [-0.2, 0) is 0 Å². The van der Waals surface area contributed by atoms with Gasteiger partial charge < -0.3 is 10.2 Å². The molecule has 0 aromatic rings. The van der Waals surface area contributed by atoms with Crippen LogP contribution in [0.1, 0.15) is 6.42 Å². The van der Waals surface area contributed by atoms with Crippen LogP contribution in [0.2, 0.25) is 0 Å². The quantitative estimate of drug-likeness (QED) is 0.495. The maximum atomic E-state index is 9.51. The van der Waals surface area contributed by atoms with Crippen LogP contribution in [-0.4, -0.2) is 47.0 Å². The van der Waals surface area contributed by atoms with Crippen LogP contribution in [0, 0.1) is 0 Å². The molecule has 2 N–H and O–H groups in total. The van der Waals surface area contributed by atoms with Gasteiger partial charge in [0.15, 0.2) is 0 Å². The number of fused-ring (bicyclic) bond motifs is 1. The van der Waals surface area contributed by atoms with Crippen LogP contribution < -0.4 is 0 Å². The van der Waals surface area contributed by atoms with Gasteiger partial charge in [0.1, 0.15) is 0 Å². The Hall–Kier alpha value is -0.380. The van der Waals surface area contributed by atoms with E-state index in [4.69, 9.17) is 5.11 Å². The van der Waals surface area contributed by atoms with Crippen molar-refractivity contribution in [1.82, 2.24) is 4.90 Å². The zero-order valence-electron chi connectivity index (χ0n) is 6.40. The minimum absolute atomic E-state index is 0.0955. The molecule has 2 heterocycles. The first-order chi connectivity index (χ1) is 5.33. The highest BCUT2D eigenvalue weighted by atomic mass is 16.3. The van der Waals surface area contributed by atoms with Crippen molar-refractivity contribution in [2.75, 3.05) is 19.7 Å². The summed E-state index contributed by atoms with van der Waals surface area (Å²) < 4.78 is 0. The van der Waals surface area contributed by atoms with Crippen LogP contribution in [0.4, 0.5) is 0 Å². The number of nitrogens with zero attached hydrogens (tertiary/aromatic N) is 1. The van der Waals surface area contributed by atoms with E-state index in [1.165, 1.54) is 0 Å². The Balaban J connectivity index is 2.15. The molecule has 0 radical (unpaired) electrons. The summed E-state index contributed by atoms with van der Waals surface area (Å²) in [5, 5.41) is 18.4. The average molecular weight is 155 g/mol. The fourth-order valence-corrected chi connectivity index (χ4v) is 2.04. The highest BCUT2D eigenvalue weighted by molar-refractivity contribution is 5.22. The molecule has 0 aromatic heterocycles. The average Bonchev–Trinajstić information content (AvgIpc) is 2.54. The number of hydrogen-bond donors (Lipinski definition) is 2. The molecule has 0 amide bonds. The van der Waals surface area contributed by atoms with Gasteiger partial charge in [0.2, 0.25) is 0 Å². The second kappa shape index (κ2) is 2.59. The molecular formula is C8H13NO2. The molecule has 2 atom stereocenters. The molecule has 2 aliphatic rings. The van der Waals surface area contributed by atoms with E-state index in [0.717, 1.165) is 25.1 Å². The van der Waals surface area contributed by atoms with Crippen LogP contribution in [0.5, 0.6) is 0 Å². The zero-order chi connectivity index (χ0) is 7.84. The first kappa shape index (κ1) is 7.28. The lowest BCUT2D eigenvalue weighted by molar-refractivity contribution is 0.140. The van der Waals surface area contributed by atoms with Gasteiger partial charge in [0, 0.05) is 13.1 Å². The summed E-state index contributed by atoms with van der Waals surface area (Å²) in [4.78, 5) is 2.20. The number of rotatable bonds is 1. The van der Waals surface area contributed by atoms with Crippen molar-refractivity contribution >= 4 is 0 Å². The van der Waals surface area contributed by atoms with Gasteiger partial charge in [0.25, 0.3) is 0 Å². The summed E-state index contributed by atoms with van der Waals surface area (Å²) in [6, 6.07) is 0.125. The van der Waals surface area contributed by atoms with E-state index in [0.29, 0.717) is 0 Å². The first-order valence-electron chi connectivity index (χ1n) is 4.05. The normalized spacial score (nSPS) is 37.5. The van der Waals surface area contributed by atoms with Crippen LogP contribution >= 0.6 is 0 Å². The lowest BCUT2D eigenvalue weighted by Crippen LogP contribution is -2.32. The van der Waals surface area contributed by atoms with E-state index in [9.17, 15) is 5.11 Å². The van der Waals surface area contributed by atoms with Crippen molar-refractivity contribution in [3.05, 3.63) is 11.6 Å². The zero-order valence-corrected chi connectivity index (χ0v) is 6.40. The van der Waals surface area contributed by atoms with Crippen molar-refractivity contribution < 1.29 is 10.2 Å². The van der Waals surface area contributed by atoms with Gasteiger partial charge in [-0.3, -0.25) is 4.90 Å². The minimum atomic E-state index is -0.254. The van der Waals surface area contributed by atoms with Crippen LogP contribution in [0.25, 0.3) is 0 Å². The van der Waals surface area contributed by atoms with Crippen molar-refractivity contribution in [3.63, 3.8) is 0 Å². The Kier molecular flexibility index (Phi) is 1.71. The molecule has 0 aliphatic carbocycles. The molecule has 11 heavy (non-hydrogen) atoms. The SMILES string of the molecule is OCC1=CCN2CC[C@@H](O)[C@@H]12. The molecule has 3 heteroatoms. The molecule has 2 rings (SSSR count). The van der Waals surface area contributed by atoms with Gasteiger partial charge in [-0.25, -0.2) is 0 Å². The van der Waals surface area contributed by atoms with Crippen molar-refractivity contribution in [3.8, 4) is 0 Å². The summed E-state index contributed by atoms with van der Waals surface area (Å²) in [6.45, 7) is 1.96. The Morgan fingerprint density at radius 3 is 3.18 bits per heavy atom.